The van der Waals surface area contributed by atoms with Gasteiger partial charge in [0.2, 0.25) is 5.91 Å². The van der Waals surface area contributed by atoms with Gasteiger partial charge in [0, 0.05) is 11.1 Å². The molecule has 0 unspecified atom stereocenters. The number of anilines is 1. The number of phenols is 1. The number of benzene rings is 1. The number of carboxylic acid groups (broad SMARTS) is 1. The van der Waals surface area contributed by atoms with Gasteiger partial charge in [-0.1, -0.05) is 84.3 Å². The van der Waals surface area contributed by atoms with Gasteiger partial charge in [-0.25, -0.2) is 4.79 Å². The van der Waals surface area contributed by atoms with Crippen LogP contribution in [-0.2, 0) is 4.79 Å². The number of hydrogen-bond acceptors (Lipinski definition) is 3. The fourth-order valence-electron chi connectivity index (χ4n) is 3.66. The summed E-state index contributed by atoms with van der Waals surface area (Å²) in [5.74, 6) is -1.68. The molecule has 0 heterocycles. The maximum absolute atomic E-state index is 12.6. The van der Waals surface area contributed by atoms with Crippen molar-refractivity contribution in [3.63, 3.8) is 0 Å². The molecule has 1 rings (SSSR count). The first kappa shape index (κ1) is 27.7. The molecule has 0 aromatic heterocycles. The first-order valence-corrected chi connectivity index (χ1v) is 12.3. The predicted octanol–water partition coefficient (Wildman–Crippen LogP) is 7.70. The number of amides is 1. The lowest BCUT2D eigenvalue weighted by molar-refractivity contribution is -0.124. The first-order chi connectivity index (χ1) is 15.3. The van der Waals surface area contributed by atoms with Crippen LogP contribution in [0.25, 0.3) is 0 Å². The highest BCUT2D eigenvalue weighted by molar-refractivity contribution is 5.97. The summed E-state index contributed by atoms with van der Waals surface area (Å²) in [6.45, 7) is 6.07. The van der Waals surface area contributed by atoms with Crippen LogP contribution in [-0.4, -0.2) is 22.1 Å². The normalized spacial score (nSPS) is 11.7. The van der Waals surface area contributed by atoms with Gasteiger partial charge in [-0.3, -0.25) is 4.79 Å². The fourth-order valence-corrected chi connectivity index (χ4v) is 3.66. The molecule has 0 fully saturated rings. The van der Waals surface area contributed by atoms with Gasteiger partial charge in [-0.15, -0.1) is 0 Å². The van der Waals surface area contributed by atoms with Crippen LogP contribution in [0.2, 0.25) is 0 Å². The highest BCUT2D eigenvalue weighted by Gasteiger charge is 2.27. The van der Waals surface area contributed by atoms with Crippen molar-refractivity contribution in [3.05, 3.63) is 35.9 Å². The van der Waals surface area contributed by atoms with Crippen LogP contribution in [0.4, 0.5) is 5.69 Å². The molecule has 1 aromatic carbocycles. The lowest BCUT2D eigenvalue weighted by Gasteiger charge is -2.23. The molecule has 3 N–H and O–H groups in total. The smallest absolute Gasteiger partial charge is 0.339 e. The maximum Gasteiger partial charge on any atom is 0.339 e. The lowest BCUT2D eigenvalue weighted by Crippen LogP contribution is -2.30. The summed E-state index contributed by atoms with van der Waals surface area (Å²) in [7, 11) is 0. The number of rotatable bonds is 17. The molecule has 32 heavy (non-hydrogen) atoms. The second-order valence-electron chi connectivity index (χ2n) is 9.36. The van der Waals surface area contributed by atoms with Crippen LogP contribution in [0.3, 0.4) is 0 Å². The third kappa shape index (κ3) is 11.4. The Morgan fingerprint density at radius 1 is 0.906 bits per heavy atom. The van der Waals surface area contributed by atoms with Gasteiger partial charge in [-0.2, -0.15) is 0 Å². The van der Waals surface area contributed by atoms with Gasteiger partial charge in [-0.05, 0) is 50.3 Å². The van der Waals surface area contributed by atoms with E-state index in [9.17, 15) is 14.7 Å². The molecule has 0 radical (unpaired) electrons. The Bertz CT molecular complexity index is 724. The molecule has 0 bridgehead atoms. The minimum absolute atomic E-state index is 0.142. The predicted molar refractivity (Wildman–Crippen MR) is 132 cm³/mol. The van der Waals surface area contributed by atoms with Crippen LogP contribution < -0.4 is 5.32 Å². The molecular weight excluding hydrogens is 402 g/mol. The van der Waals surface area contributed by atoms with Crippen molar-refractivity contribution in [1.82, 2.24) is 0 Å². The topological polar surface area (TPSA) is 86.6 Å². The van der Waals surface area contributed by atoms with Crippen molar-refractivity contribution in [3.8, 4) is 5.75 Å². The number of aromatic hydroxyl groups is 1. The molecule has 0 saturated carbocycles. The Balaban J connectivity index is 2.19. The van der Waals surface area contributed by atoms with Crippen molar-refractivity contribution in [1.29, 1.82) is 0 Å². The Morgan fingerprint density at radius 3 is 2.06 bits per heavy atom. The minimum Gasteiger partial charge on any atom is -0.507 e. The third-order valence-corrected chi connectivity index (χ3v) is 5.91. The monoisotopic (exact) mass is 445 g/mol. The first-order valence-electron chi connectivity index (χ1n) is 12.3. The number of unbranched alkanes of at least 4 members (excludes halogenated alkanes) is 10. The molecule has 5 heteroatoms. The highest BCUT2D eigenvalue weighted by atomic mass is 16.4. The zero-order valence-electron chi connectivity index (χ0n) is 20.3. The standard InChI is InChI=1S/C27H43NO4/c1-4-5-6-7-8-9-10-11-12-13-14-15-16-17-20-27(2,3)26(32)28-22-18-19-24(29)23(21-22)25(30)31/h11-12,18-19,21,29H,4-10,13-17,20H2,1-3H3,(H,28,32)(H,30,31)/b12-11-. The number of carbonyl (C=O) groups is 2. The Labute approximate surface area is 194 Å². The molecule has 0 aliphatic carbocycles. The highest BCUT2D eigenvalue weighted by Crippen LogP contribution is 2.28. The SMILES string of the molecule is CCCCCCCC/C=C\CCCCCCC(C)(C)C(=O)Nc1ccc(O)c(C(=O)O)c1. The Kier molecular flexibility index (Phi) is 13.4. The molecule has 180 valence electrons. The summed E-state index contributed by atoms with van der Waals surface area (Å²) in [4.78, 5) is 23.8. The van der Waals surface area contributed by atoms with Gasteiger partial charge in [0.1, 0.15) is 11.3 Å². The van der Waals surface area contributed by atoms with Crippen LogP contribution in [0, 0.1) is 5.41 Å². The van der Waals surface area contributed by atoms with E-state index >= 15 is 0 Å². The minimum atomic E-state index is -1.23. The van der Waals surface area contributed by atoms with Crippen LogP contribution >= 0.6 is 0 Å². The van der Waals surface area contributed by atoms with E-state index in [-0.39, 0.29) is 17.2 Å². The zero-order chi connectivity index (χ0) is 23.8. The van der Waals surface area contributed by atoms with E-state index in [0.29, 0.717) is 5.69 Å². The molecule has 0 saturated heterocycles. The summed E-state index contributed by atoms with van der Waals surface area (Å²) < 4.78 is 0. The van der Waals surface area contributed by atoms with Crippen molar-refractivity contribution < 1.29 is 19.8 Å². The quantitative estimate of drug-likeness (QED) is 0.130. The molecule has 0 spiro atoms. The second-order valence-corrected chi connectivity index (χ2v) is 9.36. The summed E-state index contributed by atoms with van der Waals surface area (Å²) in [6, 6.07) is 4.08. The maximum atomic E-state index is 12.6. The van der Waals surface area contributed by atoms with Crippen LogP contribution in [0.15, 0.2) is 30.4 Å². The summed E-state index contributed by atoms with van der Waals surface area (Å²) in [5, 5.41) is 21.5. The van der Waals surface area contributed by atoms with E-state index in [1.54, 1.807) is 0 Å². The summed E-state index contributed by atoms with van der Waals surface area (Å²) in [5.41, 5.74) is -0.383. The summed E-state index contributed by atoms with van der Waals surface area (Å²) >= 11 is 0. The van der Waals surface area contributed by atoms with Gasteiger partial charge < -0.3 is 15.5 Å². The number of nitrogens with one attached hydrogen (secondary N) is 1. The van der Waals surface area contributed by atoms with Gasteiger partial charge >= 0.3 is 5.97 Å². The Morgan fingerprint density at radius 2 is 1.47 bits per heavy atom. The number of aromatic carboxylic acids is 1. The third-order valence-electron chi connectivity index (χ3n) is 5.91. The van der Waals surface area contributed by atoms with E-state index in [0.717, 1.165) is 25.7 Å². The molecule has 0 atom stereocenters. The van der Waals surface area contributed by atoms with Crippen LogP contribution in [0.1, 0.15) is 115 Å². The molecule has 0 aliphatic heterocycles. The number of carbonyl (C=O) groups excluding carboxylic acids is 1. The molecule has 1 aromatic rings. The van der Waals surface area contributed by atoms with Gasteiger partial charge in [0.25, 0.3) is 0 Å². The van der Waals surface area contributed by atoms with Crippen molar-refractivity contribution >= 4 is 17.6 Å². The molecular formula is C27H43NO4. The average Bonchev–Trinajstić information content (AvgIpc) is 2.75. The average molecular weight is 446 g/mol. The zero-order valence-corrected chi connectivity index (χ0v) is 20.3. The van der Waals surface area contributed by atoms with Crippen LogP contribution in [0.5, 0.6) is 5.75 Å². The summed E-state index contributed by atoms with van der Waals surface area (Å²) in [6.07, 6.45) is 20.2. The lowest BCUT2D eigenvalue weighted by atomic mass is 9.85. The van der Waals surface area contributed by atoms with E-state index in [1.165, 1.54) is 76.0 Å². The van der Waals surface area contributed by atoms with E-state index < -0.39 is 11.4 Å². The number of carboxylic acids is 1. The van der Waals surface area contributed by atoms with E-state index in [1.807, 2.05) is 13.8 Å². The second kappa shape index (κ2) is 15.5. The number of hydrogen-bond donors (Lipinski definition) is 3. The number of allylic oxidation sites excluding steroid dienone is 2. The Hall–Kier alpha value is -2.30. The van der Waals surface area contributed by atoms with Gasteiger partial charge in [0.05, 0.1) is 0 Å². The van der Waals surface area contributed by atoms with Gasteiger partial charge in [0.15, 0.2) is 0 Å². The molecule has 0 aliphatic rings. The van der Waals surface area contributed by atoms with Crippen molar-refractivity contribution in [2.45, 2.75) is 104 Å². The van der Waals surface area contributed by atoms with Crippen molar-refractivity contribution in [2.75, 3.05) is 5.32 Å². The fraction of sp³-hybridized carbons (Fsp3) is 0.630. The largest absolute Gasteiger partial charge is 0.507 e. The van der Waals surface area contributed by atoms with E-state index in [2.05, 4.69) is 24.4 Å². The molecule has 1 amide bonds. The van der Waals surface area contributed by atoms with E-state index in [4.69, 9.17) is 5.11 Å². The van der Waals surface area contributed by atoms with Crippen molar-refractivity contribution in [2.24, 2.45) is 5.41 Å². The molecule has 5 nitrogen and oxygen atoms in total.